The zero-order chi connectivity index (χ0) is 18.8. The van der Waals surface area contributed by atoms with E-state index in [4.69, 9.17) is 4.74 Å². The topological polar surface area (TPSA) is 61.2 Å². The number of hydrogen-bond donors (Lipinski definition) is 0. The van der Waals surface area contributed by atoms with Crippen LogP contribution in [0, 0.1) is 20.8 Å². The van der Waals surface area contributed by atoms with Crippen LogP contribution in [-0.4, -0.2) is 15.5 Å². The fourth-order valence-electron chi connectivity index (χ4n) is 3.05. The van der Waals surface area contributed by atoms with Gasteiger partial charge in [-0.15, -0.1) is 11.3 Å². The van der Waals surface area contributed by atoms with Crippen LogP contribution in [-0.2, 0) is 16.1 Å². The van der Waals surface area contributed by atoms with Gasteiger partial charge in [0, 0.05) is 4.88 Å². The second-order valence-electron chi connectivity index (χ2n) is 6.31. The molecule has 1 unspecified atom stereocenters. The summed E-state index contributed by atoms with van der Waals surface area (Å²) in [7, 11) is 0. The maximum absolute atomic E-state index is 13.1. The number of benzene rings is 1. The first kappa shape index (κ1) is 18.3. The highest BCUT2D eigenvalue weighted by Gasteiger charge is 2.25. The van der Waals surface area contributed by atoms with E-state index >= 15 is 0 Å². The number of aryl methyl sites for hydroxylation is 3. The largest absolute Gasteiger partial charge is 0.459 e. The van der Waals surface area contributed by atoms with Crippen LogP contribution < -0.4 is 5.56 Å². The van der Waals surface area contributed by atoms with Gasteiger partial charge in [0.15, 0.2) is 0 Å². The van der Waals surface area contributed by atoms with Crippen molar-refractivity contribution in [3.8, 4) is 0 Å². The quantitative estimate of drug-likeness (QED) is 0.635. The van der Waals surface area contributed by atoms with Crippen LogP contribution in [0.5, 0.6) is 0 Å². The zero-order valence-corrected chi connectivity index (χ0v) is 16.2. The summed E-state index contributed by atoms with van der Waals surface area (Å²) in [6.07, 6.45) is 0.462. The molecule has 26 heavy (non-hydrogen) atoms. The van der Waals surface area contributed by atoms with Crippen molar-refractivity contribution in [3.05, 3.63) is 62.5 Å². The molecule has 0 spiro atoms. The van der Waals surface area contributed by atoms with Gasteiger partial charge in [0.1, 0.15) is 23.3 Å². The minimum absolute atomic E-state index is 0.169. The second-order valence-corrected chi connectivity index (χ2v) is 7.52. The van der Waals surface area contributed by atoms with Gasteiger partial charge in [-0.3, -0.25) is 9.36 Å². The van der Waals surface area contributed by atoms with Gasteiger partial charge in [-0.05, 0) is 38.3 Å². The molecule has 1 aromatic carbocycles. The van der Waals surface area contributed by atoms with E-state index in [1.54, 1.807) is 6.92 Å². The molecular weight excluding hydrogens is 348 g/mol. The molecular formula is C20H22N2O3S. The van der Waals surface area contributed by atoms with Gasteiger partial charge in [0.05, 0.1) is 5.39 Å². The van der Waals surface area contributed by atoms with Gasteiger partial charge in [0.25, 0.3) is 5.56 Å². The Hall–Kier alpha value is -2.47. The van der Waals surface area contributed by atoms with E-state index in [1.165, 1.54) is 15.9 Å². The SMILES string of the molecule is CCC(C(=O)OCc1ccccc1)n1c(C)nc2sc(C)c(C)c2c1=O. The summed E-state index contributed by atoms with van der Waals surface area (Å²) in [4.78, 5) is 32.1. The predicted molar refractivity (Wildman–Crippen MR) is 104 cm³/mol. The monoisotopic (exact) mass is 370 g/mol. The molecule has 0 amide bonds. The average Bonchev–Trinajstić information content (AvgIpc) is 2.91. The lowest BCUT2D eigenvalue weighted by atomic mass is 10.2. The lowest BCUT2D eigenvalue weighted by Gasteiger charge is -2.19. The molecule has 0 saturated heterocycles. The third-order valence-corrected chi connectivity index (χ3v) is 5.71. The summed E-state index contributed by atoms with van der Waals surface area (Å²) in [5, 5.41) is 0.604. The van der Waals surface area contributed by atoms with E-state index in [-0.39, 0.29) is 12.2 Å². The van der Waals surface area contributed by atoms with Crippen LogP contribution in [0.25, 0.3) is 10.2 Å². The summed E-state index contributed by atoms with van der Waals surface area (Å²) < 4.78 is 6.95. The van der Waals surface area contributed by atoms with Crippen molar-refractivity contribution in [2.75, 3.05) is 0 Å². The van der Waals surface area contributed by atoms with Crippen LogP contribution >= 0.6 is 11.3 Å². The molecule has 136 valence electrons. The highest BCUT2D eigenvalue weighted by molar-refractivity contribution is 7.18. The van der Waals surface area contributed by atoms with Crippen molar-refractivity contribution < 1.29 is 9.53 Å². The summed E-state index contributed by atoms with van der Waals surface area (Å²) in [6.45, 7) is 7.72. The Morgan fingerprint density at radius 2 is 1.92 bits per heavy atom. The first-order valence-corrected chi connectivity index (χ1v) is 9.45. The van der Waals surface area contributed by atoms with Gasteiger partial charge in [0.2, 0.25) is 0 Å². The minimum Gasteiger partial charge on any atom is -0.459 e. The van der Waals surface area contributed by atoms with Crippen molar-refractivity contribution in [1.29, 1.82) is 0 Å². The van der Waals surface area contributed by atoms with Crippen LogP contribution in [0.4, 0.5) is 0 Å². The van der Waals surface area contributed by atoms with Crippen molar-refractivity contribution in [1.82, 2.24) is 9.55 Å². The summed E-state index contributed by atoms with van der Waals surface area (Å²) in [6, 6.07) is 8.83. The number of carbonyl (C=O) groups is 1. The molecule has 0 bridgehead atoms. The van der Waals surface area contributed by atoms with E-state index < -0.39 is 12.0 Å². The first-order chi connectivity index (χ1) is 12.4. The third kappa shape index (κ3) is 3.29. The van der Waals surface area contributed by atoms with Crippen molar-refractivity contribution in [2.45, 2.75) is 46.8 Å². The summed E-state index contributed by atoms with van der Waals surface area (Å²) in [5.41, 5.74) is 1.68. The van der Waals surface area contributed by atoms with E-state index in [0.717, 1.165) is 20.8 Å². The molecule has 0 saturated carbocycles. The highest BCUT2D eigenvalue weighted by atomic mass is 32.1. The number of rotatable bonds is 5. The summed E-state index contributed by atoms with van der Waals surface area (Å²) in [5.74, 6) is 0.125. The minimum atomic E-state index is -0.678. The number of hydrogen-bond acceptors (Lipinski definition) is 5. The van der Waals surface area contributed by atoms with Gasteiger partial charge < -0.3 is 4.74 Å². The van der Waals surface area contributed by atoms with Crippen LogP contribution in [0.2, 0.25) is 0 Å². The fraction of sp³-hybridized carbons (Fsp3) is 0.350. The Morgan fingerprint density at radius 1 is 1.23 bits per heavy atom. The predicted octanol–water partition coefficient (Wildman–Crippen LogP) is 4.08. The van der Waals surface area contributed by atoms with Crippen molar-refractivity contribution in [3.63, 3.8) is 0 Å². The van der Waals surface area contributed by atoms with Crippen LogP contribution in [0.1, 0.15) is 41.2 Å². The fourth-order valence-corrected chi connectivity index (χ4v) is 4.12. The average molecular weight is 370 g/mol. The van der Waals surface area contributed by atoms with Crippen molar-refractivity contribution in [2.24, 2.45) is 0 Å². The molecule has 2 heterocycles. The molecule has 0 aliphatic rings. The highest BCUT2D eigenvalue weighted by Crippen LogP contribution is 2.27. The summed E-state index contributed by atoms with van der Waals surface area (Å²) >= 11 is 1.51. The van der Waals surface area contributed by atoms with Gasteiger partial charge in [-0.2, -0.15) is 0 Å². The number of thiophene rings is 1. The Balaban J connectivity index is 1.96. The normalized spacial score (nSPS) is 12.3. The molecule has 0 aliphatic heterocycles. The Bertz CT molecular complexity index is 1010. The lowest BCUT2D eigenvalue weighted by Crippen LogP contribution is -2.33. The molecule has 5 nitrogen and oxygen atoms in total. The van der Waals surface area contributed by atoms with Gasteiger partial charge in [-0.1, -0.05) is 37.3 Å². The number of ether oxygens (including phenoxy) is 1. The molecule has 2 aromatic heterocycles. The van der Waals surface area contributed by atoms with Crippen LogP contribution in [0.3, 0.4) is 0 Å². The number of aromatic nitrogens is 2. The van der Waals surface area contributed by atoms with E-state index in [1.807, 2.05) is 51.1 Å². The molecule has 3 rings (SSSR count). The Labute approximate surface area is 156 Å². The maximum atomic E-state index is 13.1. The molecule has 1 atom stereocenters. The van der Waals surface area contributed by atoms with Gasteiger partial charge in [-0.25, -0.2) is 9.78 Å². The van der Waals surface area contributed by atoms with Crippen molar-refractivity contribution >= 4 is 27.5 Å². The molecule has 0 fully saturated rings. The molecule has 3 aromatic rings. The van der Waals surface area contributed by atoms with E-state index in [9.17, 15) is 9.59 Å². The number of fused-ring (bicyclic) bond motifs is 1. The maximum Gasteiger partial charge on any atom is 0.329 e. The second kappa shape index (κ2) is 7.41. The lowest BCUT2D eigenvalue weighted by molar-refractivity contribution is -0.149. The van der Waals surface area contributed by atoms with Crippen LogP contribution in [0.15, 0.2) is 35.1 Å². The number of esters is 1. The van der Waals surface area contributed by atoms with Gasteiger partial charge >= 0.3 is 5.97 Å². The van der Waals surface area contributed by atoms with E-state index in [2.05, 4.69) is 4.98 Å². The van der Waals surface area contributed by atoms with E-state index in [0.29, 0.717) is 17.6 Å². The molecule has 0 radical (unpaired) electrons. The molecule has 0 aliphatic carbocycles. The number of nitrogens with zero attached hydrogens (tertiary/aromatic N) is 2. The number of carbonyl (C=O) groups excluding carboxylic acids is 1. The smallest absolute Gasteiger partial charge is 0.329 e. The molecule has 0 N–H and O–H groups in total. The molecule has 6 heteroatoms. The zero-order valence-electron chi connectivity index (χ0n) is 15.4. The Morgan fingerprint density at radius 3 is 2.58 bits per heavy atom. The Kier molecular flexibility index (Phi) is 5.23. The first-order valence-electron chi connectivity index (χ1n) is 8.63. The third-order valence-electron chi connectivity index (χ3n) is 4.61. The standard InChI is InChI=1S/C20H22N2O3S/c1-5-16(20(24)25-11-15-9-7-6-8-10-15)22-14(4)21-18-17(19(22)23)12(2)13(3)26-18/h6-10,16H,5,11H2,1-4H3.